The summed E-state index contributed by atoms with van der Waals surface area (Å²) in [6.07, 6.45) is 6.86. The largest absolute Gasteiger partial charge is 0.380 e. The molecule has 3 heteroatoms. The van der Waals surface area contributed by atoms with E-state index in [0.717, 1.165) is 13.2 Å². The lowest BCUT2D eigenvalue weighted by Gasteiger charge is -2.50. The van der Waals surface area contributed by atoms with Crippen LogP contribution in [0.5, 0.6) is 0 Å². The molecule has 92 valence electrons. The molecule has 0 bridgehead atoms. The minimum atomic E-state index is 0.477. The lowest BCUT2D eigenvalue weighted by molar-refractivity contribution is 0.00407. The molecule has 3 fully saturated rings. The molecule has 3 nitrogen and oxygen atoms in total. The van der Waals surface area contributed by atoms with Gasteiger partial charge in [-0.2, -0.15) is 0 Å². The van der Waals surface area contributed by atoms with E-state index in [4.69, 9.17) is 4.74 Å². The highest BCUT2D eigenvalue weighted by Gasteiger charge is 2.46. The quantitative estimate of drug-likeness (QED) is 0.728. The molecular weight excluding hydrogens is 200 g/mol. The number of hydrogen-bond acceptors (Lipinski definition) is 3. The van der Waals surface area contributed by atoms with Crippen LogP contribution in [0.25, 0.3) is 0 Å². The van der Waals surface area contributed by atoms with Crippen LogP contribution in [-0.4, -0.2) is 48.8 Å². The van der Waals surface area contributed by atoms with Gasteiger partial charge in [0, 0.05) is 37.3 Å². The highest BCUT2D eigenvalue weighted by atomic mass is 16.5. The summed E-state index contributed by atoms with van der Waals surface area (Å²) in [6, 6.07) is 1.34. The normalized spacial score (nSPS) is 39.6. The summed E-state index contributed by atoms with van der Waals surface area (Å²) in [5.74, 6) is 0. The number of nitrogens with one attached hydrogen (secondary N) is 1. The van der Waals surface area contributed by atoms with Gasteiger partial charge in [-0.3, -0.25) is 4.90 Å². The fourth-order valence-corrected chi connectivity index (χ4v) is 3.82. The van der Waals surface area contributed by atoms with Gasteiger partial charge in [0.1, 0.15) is 0 Å². The molecule has 0 aromatic carbocycles. The Morgan fingerprint density at radius 1 is 1.31 bits per heavy atom. The molecule has 0 radical (unpaired) electrons. The second-order valence-corrected chi connectivity index (χ2v) is 5.88. The Morgan fingerprint density at radius 3 is 2.81 bits per heavy atom. The van der Waals surface area contributed by atoms with E-state index in [0.29, 0.717) is 17.6 Å². The third-order valence-corrected chi connectivity index (χ3v) is 4.74. The molecule has 1 spiro atoms. The second-order valence-electron chi connectivity index (χ2n) is 5.88. The first kappa shape index (κ1) is 11.0. The van der Waals surface area contributed by atoms with Crippen molar-refractivity contribution in [2.45, 2.75) is 56.7 Å². The van der Waals surface area contributed by atoms with Gasteiger partial charge in [0.05, 0.1) is 6.61 Å². The third kappa shape index (κ3) is 1.79. The maximum absolute atomic E-state index is 5.59. The summed E-state index contributed by atoms with van der Waals surface area (Å²) in [5.41, 5.74) is 0.477. The Hall–Kier alpha value is -0.120. The van der Waals surface area contributed by atoms with Gasteiger partial charge in [-0.1, -0.05) is 12.8 Å². The average molecular weight is 224 g/mol. The lowest BCUT2D eigenvalue weighted by atomic mass is 9.89. The van der Waals surface area contributed by atoms with E-state index in [2.05, 4.69) is 17.1 Å². The standard InChI is InChI=1S/C13H24N2O/c1-11-8-15(12-4-7-16-9-12)13(10-14-11)5-2-3-6-13/h11-12,14H,2-10H2,1H3. The highest BCUT2D eigenvalue weighted by Crippen LogP contribution is 2.39. The molecule has 3 rings (SSSR count). The predicted octanol–water partition coefficient (Wildman–Crippen LogP) is 1.38. The average Bonchev–Trinajstić information content (AvgIpc) is 2.95. The van der Waals surface area contributed by atoms with Gasteiger partial charge in [-0.05, 0) is 26.2 Å². The fourth-order valence-electron chi connectivity index (χ4n) is 3.82. The molecule has 1 saturated carbocycles. The summed E-state index contributed by atoms with van der Waals surface area (Å²) in [6.45, 7) is 6.66. The van der Waals surface area contributed by atoms with Crippen LogP contribution in [-0.2, 0) is 4.74 Å². The second kappa shape index (κ2) is 4.28. The zero-order valence-corrected chi connectivity index (χ0v) is 10.4. The first-order valence-electron chi connectivity index (χ1n) is 6.88. The van der Waals surface area contributed by atoms with Crippen LogP contribution < -0.4 is 5.32 Å². The van der Waals surface area contributed by atoms with Gasteiger partial charge in [0.15, 0.2) is 0 Å². The SMILES string of the molecule is CC1CN(C2CCOC2)C2(CCCC2)CN1. The van der Waals surface area contributed by atoms with Crippen molar-refractivity contribution in [3.63, 3.8) is 0 Å². The van der Waals surface area contributed by atoms with Gasteiger partial charge in [0.25, 0.3) is 0 Å². The molecule has 2 saturated heterocycles. The van der Waals surface area contributed by atoms with Crippen molar-refractivity contribution in [1.29, 1.82) is 0 Å². The van der Waals surface area contributed by atoms with Crippen LogP contribution in [0, 0.1) is 0 Å². The number of ether oxygens (including phenoxy) is 1. The van der Waals surface area contributed by atoms with Crippen molar-refractivity contribution >= 4 is 0 Å². The summed E-state index contributed by atoms with van der Waals surface area (Å²) in [7, 11) is 0. The van der Waals surface area contributed by atoms with Crippen molar-refractivity contribution in [3.8, 4) is 0 Å². The highest BCUT2D eigenvalue weighted by molar-refractivity contribution is 5.03. The molecule has 16 heavy (non-hydrogen) atoms. The zero-order chi connectivity index (χ0) is 11.0. The van der Waals surface area contributed by atoms with Gasteiger partial charge in [-0.15, -0.1) is 0 Å². The molecule has 3 aliphatic rings. The minimum Gasteiger partial charge on any atom is -0.380 e. The predicted molar refractivity (Wildman–Crippen MR) is 64.6 cm³/mol. The molecule has 2 aliphatic heterocycles. The molecule has 2 unspecified atom stereocenters. The van der Waals surface area contributed by atoms with Crippen LogP contribution in [0.1, 0.15) is 39.0 Å². The summed E-state index contributed by atoms with van der Waals surface area (Å²) in [4.78, 5) is 2.80. The summed E-state index contributed by atoms with van der Waals surface area (Å²) in [5, 5.41) is 3.69. The Morgan fingerprint density at radius 2 is 2.12 bits per heavy atom. The number of nitrogens with zero attached hydrogens (tertiary/aromatic N) is 1. The topological polar surface area (TPSA) is 24.5 Å². The lowest BCUT2D eigenvalue weighted by Crippen LogP contribution is -2.65. The smallest absolute Gasteiger partial charge is 0.0622 e. The summed E-state index contributed by atoms with van der Waals surface area (Å²) >= 11 is 0. The molecule has 0 aromatic heterocycles. The van der Waals surface area contributed by atoms with E-state index in [1.54, 1.807) is 0 Å². The van der Waals surface area contributed by atoms with Crippen LogP contribution in [0.3, 0.4) is 0 Å². The Bertz CT molecular complexity index is 244. The van der Waals surface area contributed by atoms with E-state index >= 15 is 0 Å². The monoisotopic (exact) mass is 224 g/mol. The van der Waals surface area contributed by atoms with Crippen LogP contribution in [0.2, 0.25) is 0 Å². The van der Waals surface area contributed by atoms with Crippen LogP contribution in [0.15, 0.2) is 0 Å². The van der Waals surface area contributed by atoms with Crippen molar-refractivity contribution in [3.05, 3.63) is 0 Å². The first-order chi connectivity index (χ1) is 7.80. The maximum Gasteiger partial charge on any atom is 0.0622 e. The molecule has 2 atom stereocenters. The number of rotatable bonds is 1. The van der Waals surface area contributed by atoms with E-state index < -0.39 is 0 Å². The van der Waals surface area contributed by atoms with Crippen LogP contribution in [0.4, 0.5) is 0 Å². The summed E-state index contributed by atoms with van der Waals surface area (Å²) < 4.78 is 5.59. The van der Waals surface area contributed by atoms with Gasteiger partial charge in [-0.25, -0.2) is 0 Å². The van der Waals surface area contributed by atoms with Gasteiger partial charge >= 0.3 is 0 Å². The molecule has 0 aromatic rings. The Kier molecular flexibility index (Phi) is 2.94. The maximum atomic E-state index is 5.59. The van der Waals surface area contributed by atoms with Crippen molar-refractivity contribution in [1.82, 2.24) is 10.2 Å². The number of piperazine rings is 1. The molecule has 2 heterocycles. The fraction of sp³-hybridized carbons (Fsp3) is 1.00. The van der Waals surface area contributed by atoms with Crippen molar-refractivity contribution < 1.29 is 4.74 Å². The third-order valence-electron chi connectivity index (χ3n) is 4.74. The van der Waals surface area contributed by atoms with Crippen LogP contribution >= 0.6 is 0 Å². The molecule has 0 amide bonds. The molecular formula is C13H24N2O. The Balaban J connectivity index is 1.78. The minimum absolute atomic E-state index is 0.477. The van der Waals surface area contributed by atoms with Crippen molar-refractivity contribution in [2.24, 2.45) is 0 Å². The van der Waals surface area contributed by atoms with E-state index in [1.165, 1.54) is 45.2 Å². The zero-order valence-electron chi connectivity index (χ0n) is 10.4. The van der Waals surface area contributed by atoms with E-state index in [-0.39, 0.29) is 0 Å². The first-order valence-corrected chi connectivity index (χ1v) is 6.88. The Labute approximate surface area is 98.5 Å². The molecule has 1 N–H and O–H groups in total. The number of hydrogen-bond donors (Lipinski definition) is 1. The van der Waals surface area contributed by atoms with E-state index in [9.17, 15) is 0 Å². The van der Waals surface area contributed by atoms with Gasteiger partial charge in [0.2, 0.25) is 0 Å². The van der Waals surface area contributed by atoms with Gasteiger partial charge < -0.3 is 10.1 Å². The van der Waals surface area contributed by atoms with E-state index in [1.807, 2.05) is 0 Å². The van der Waals surface area contributed by atoms with Crippen molar-refractivity contribution in [2.75, 3.05) is 26.3 Å². The molecule has 1 aliphatic carbocycles.